The fourth-order valence-corrected chi connectivity index (χ4v) is 4.05. The van der Waals surface area contributed by atoms with Crippen LogP contribution in [0.5, 0.6) is 0 Å². The van der Waals surface area contributed by atoms with Gasteiger partial charge in [0.2, 0.25) is 11.8 Å². The van der Waals surface area contributed by atoms with Crippen LogP contribution in [-0.4, -0.2) is 18.4 Å². The number of nitrogens with zero attached hydrogens (tertiary/aromatic N) is 1. The third-order valence-corrected chi connectivity index (χ3v) is 5.53. The van der Waals surface area contributed by atoms with Gasteiger partial charge in [-0.2, -0.15) is 0 Å². The number of aryl methyl sites for hydroxylation is 4. The summed E-state index contributed by atoms with van der Waals surface area (Å²) < 4.78 is 0. The lowest BCUT2D eigenvalue weighted by Gasteiger charge is -2.18. The molecule has 2 amide bonds. The molecule has 26 heavy (non-hydrogen) atoms. The van der Waals surface area contributed by atoms with Crippen LogP contribution in [0.4, 0.5) is 11.4 Å². The summed E-state index contributed by atoms with van der Waals surface area (Å²) in [5.41, 5.74) is 6.70. The van der Waals surface area contributed by atoms with Crippen molar-refractivity contribution >= 4 is 23.2 Å². The highest BCUT2D eigenvalue weighted by Crippen LogP contribution is 2.31. The highest BCUT2D eigenvalue weighted by Gasteiger charge is 2.35. The maximum atomic E-state index is 12.7. The first kappa shape index (κ1) is 16.8. The molecular weight excluding hydrogens is 324 g/mol. The van der Waals surface area contributed by atoms with E-state index in [4.69, 9.17) is 0 Å². The number of rotatable bonds is 3. The van der Waals surface area contributed by atoms with Crippen molar-refractivity contribution < 1.29 is 9.59 Å². The molecule has 1 heterocycles. The quantitative estimate of drug-likeness (QED) is 0.917. The second-order valence-corrected chi connectivity index (χ2v) is 7.52. The molecule has 0 radical (unpaired) electrons. The molecule has 1 atom stereocenters. The fourth-order valence-electron chi connectivity index (χ4n) is 4.05. The number of fused-ring (bicyclic) bond motifs is 1. The van der Waals surface area contributed by atoms with E-state index in [1.54, 1.807) is 4.90 Å². The van der Waals surface area contributed by atoms with Gasteiger partial charge in [-0.25, -0.2) is 0 Å². The highest BCUT2D eigenvalue weighted by molar-refractivity contribution is 6.03. The van der Waals surface area contributed by atoms with Crippen molar-refractivity contribution in [2.75, 3.05) is 16.8 Å². The normalized spacial score (nSPS) is 18.9. The number of carbonyl (C=O) groups excluding carboxylic acids is 2. The molecule has 0 saturated carbocycles. The maximum Gasteiger partial charge on any atom is 0.229 e. The van der Waals surface area contributed by atoms with Crippen molar-refractivity contribution in [1.29, 1.82) is 0 Å². The predicted octanol–water partition coefficient (Wildman–Crippen LogP) is 3.78. The summed E-state index contributed by atoms with van der Waals surface area (Å²) in [5, 5.41) is 3.00. The van der Waals surface area contributed by atoms with Crippen molar-refractivity contribution in [3.8, 4) is 0 Å². The summed E-state index contributed by atoms with van der Waals surface area (Å²) in [5.74, 6) is -0.353. The molecule has 1 unspecified atom stereocenters. The van der Waals surface area contributed by atoms with E-state index in [1.807, 2.05) is 38.1 Å². The first-order chi connectivity index (χ1) is 12.5. The predicted molar refractivity (Wildman–Crippen MR) is 103 cm³/mol. The first-order valence-electron chi connectivity index (χ1n) is 9.31. The van der Waals surface area contributed by atoms with E-state index in [-0.39, 0.29) is 24.2 Å². The van der Waals surface area contributed by atoms with Gasteiger partial charge in [0, 0.05) is 24.3 Å². The average molecular weight is 348 g/mol. The van der Waals surface area contributed by atoms with Crippen LogP contribution < -0.4 is 10.2 Å². The topological polar surface area (TPSA) is 49.4 Å². The van der Waals surface area contributed by atoms with Crippen LogP contribution in [0.1, 0.15) is 35.1 Å². The van der Waals surface area contributed by atoms with Gasteiger partial charge < -0.3 is 10.2 Å². The van der Waals surface area contributed by atoms with Crippen LogP contribution in [0.3, 0.4) is 0 Å². The molecule has 4 nitrogen and oxygen atoms in total. The largest absolute Gasteiger partial charge is 0.326 e. The van der Waals surface area contributed by atoms with Crippen molar-refractivity contribution in [2.24, 2.45) is 5.92 Å². The fraction of sp³-hybridized carbons (Fsp3) is 0.364. The molecule has 1 saturated heterocycles. The van der Waals surface area contributed by atoms with Gasteiger partial charge in [0.15, 0.2) is 0 Å². The second-order valence-electron chi connectivity index (χ2n) is 7.52. The maximum absolute atomic E-state index is 12.7. The van der Waals surface area contributed by atoms with Gasteiger partial charge in [0.05, 0.1) is 5.92 Å². The molecule has 1 aliphatic carbocycles. The van der Waals surface area contributed by atoms with Crippen molar-refractivity contribution in [2.45, 2.75) is 39.5 Å². The van der Waals surface area contributed by atoms with Crippen LogP contribution >= 0.6 is 0 Å². The average Bonchev–Trinajstić information content (AvgIpc) is 3.23. The van der Waals surface area contributed by atoms with Crippen LogP contribution in [0.15, 0.2) is 36.4 Å². The molecule has 0 aromatic heterocycles. The van der Waals surface area contributed by atoms with Gasteiger partial charge >= 0.3 is 0 Å². The van der Waals surface area contributed by atoms with E-state index in [0.717, 1.165) is 29.8 Å². The minimum atomic E-state index is -0.309. The first-order valence-corrected chi connectivity index (χ1v) is 9.31. The molecule has 4 rings (SSSR count). The number of hydrogen-bond acceptors (Lipinski definition) is 2. The van der Waals surface area contributed by atoms with Crippen molar-refractivity contribution in [1.82, 2.24) is 0 Å². The molecule has 1 fully saturated rings. The lowest BCUT2D eigenvalue weighted by molar-refractivity contribution is -0.122. The molecule has 2 aliphatic rings. The van der Waals surface area contributed by atoms with Gasteiger partial charge in [0.25, 0.3) is 0 Å². The Balaban J connectivity index is 1.48. The summed E-state index contributed by atoms with van der Waals surface area (Å²) in [6.07, 6.45) is 3.67. The molecule has 1 aliphatic heterocycles. The summed E-state index contributed by atoms with van der Waals surface area (Å²) in [6, 6.07) is 12.2. The number of amides is 2. The Kier molecular flexibility index (Phi) is 4.27. The number of carbonyl (C=O) groups is 2. The van der Waals surface area contributed by atoms with E-state index >= 15 is 0 Å². The minimum absolute atomic E-state index is 0.0312. The smallest absolute Gasteiger partial charge is 0.229 e. The molecule has 0 bridgehead atoms. The SMILES string of the molecule is Cc1ccc(NC(=O)C2CC(=O)N(c3ccc4c(c3)CCC4)C2)c(C)c1. The Morgan fingerprint density at radius 1 is 1.08 bits per heavy atom. The zero-order chi connectivity index (χ0) is 18.3. The Morgan fingerprint density at radius 3 is 2.69 bits per heavy atom. The molecule has 2 aromatic carbocycles. The molecule has 134 valence electrons. The van der Waals surface area contributed by atoms with Gasteiger partial charge in [-0.3, -0.25) is 9.59 Å². The summed E-state index contributed by atoms with van der Waals surface area (Å²) >= 11 is 0. The van der Waals surface area contributed by atoms with Gasteiger partial charge in [-0.1, -0.05) is 23.8 Å². The highest BCUT2D eigenvalue weighted by atomic mass is 16.2. The Labute approximate surface area is 154 Å². The number of hydrogen-bond donors (Lipinski definition) is 1. The van der Waals surface area contributed by atoms with Crippen LogP contribution in [0, 0.1) is 19.8 Å². The third kappa shape index (κ3) is 3.12. The molecule has 2 aromatic rings. The van der Waals surface area contributed by atoms with E-state index in [9.17, 15) is 9.59 Å². The lowest BCUT2D eigenvalue weighted by atomic mass is 10.1. The summed E-state index contributed by atoms with van der Waals surface area (Å²) in [6.45, 7) is 4.47. The van der Waals surface area contributed by atoms with Crippen LogP contribution in [0.2, 0.25) is 0 Å². The standard InChI is InChI=1S/C22H24N2O2/c1-14-6-9-20(15(2)10-14)23-22(26)18-12-21(25)24(13-18)19-8-7-16-4-3-5-17(16)11-19/h6-11,18H,3-5,12-13H2,1-2H3,(H,23,26). The van der Waals surface area contributed by atoms with Crippen LogP contribution in [0.25, 0.3) is 0 Å². The third-order valence-electron chi connectivity index (χ3n) is 5.53. The molecular formula is C22H24N2O2. The Morgan fingerprint density at radius 2 is 1.88 bits per heavy atom. The Hall–Kier alpha value is -2.62. The molecule has 1 N–H and O–H groups in total. The number of nitrogens with one attached hydrogen (secondary N) is 1. The second kappa shape index (κ2) is 6.60. The minimum Gasteiger partial charge on any atom is -0.326 e. The lowest BCUT2D eigenvalue weighted by Crippen LogP contribution is -2.28. The monoisotopic (exact) mass is 348 g/mol. The van der Waals surface area contributed by atoms with E-state index in [1.165, 1.54) is 23.1 Å². The van der Waals surface area contributed by atoms with Gasteiger partial charge in [0.1, 0.15) is 0 Å². The number of anilines is 2. The zero-order valence-electron chi connectivity index (χ0n) is 15.3. The van der Waals surface area contributed by atoms with Crippen LogP contribution in [-0.2, 0) is 22.4 Å². The van der Waals surface area contributed by atoms with E-state index in [0.29, 0.717) is 6.54 Å². The van der Waals surface area contributed by atoms with Crippen molar-refractivity contribution in [3.05, 3.63) is 58.7 Å². The van der Waals surface area contributed by atoms with Crippen molar-refractivity contribution in [3.63, 3.8) is 0 Å². The van der Waals surface area contributed by atoms with E-state index in [2.05, 4.69) is 17.4 Å². The summed E-state index contributed by atoms with van der Waals surface area (Å²) in [7, 11) is 0. The van der Waals surface area contributed by atoms with Gasteiger partial charge in [-0.15, -0.1) is 0 Å². The van der Waals surface area contributed by atoms with E-state index < -0.39 is 0 Å². The Bertz CT molecular complexity index is 888. The zero-order valence-corrected chi connectivity index (χ0v) is 15.3. The molecule has 0 spiro atoms. The van der Waals surface area contributed by atoms with Gasteiger partial charge in [-0.05, 0) is 68.0 Å². The number of benzene rings is 2. The summed E-state index contributed by atoms with van der Waals surface area (Å²) in [4.78, 5) is 26.9. The molecule has 4 heteroatoms.